The van der Waals surface area contributed by atoms with Crippen molar-refractivity contribution in [3.05, 3.63) is 59.1 Å². The topological polar surface area (TPSA) is 85.4 Å². The molecular weight excluding hydrogens is 448 g/mol. The molecule has 176 valence electrons. The van der Waals surface area contributed by atoms with Crippen molar-refractivity contribution >= 4 is 44.9 Å². The number of anilines is 1. The number of ketones is 1. The number of Topliss-reactive ketones (excluding diaryl/α,β-unsaturated/α-hetero) is 1. The summed E-state index contributed by atoms with van der Waals surface area (Å²) in [4.78, 5) is 42.2. The Bertz CT molecular complexity index is 1170. The summed E-state index contributed by atoms with van der Waals surface area (Å²) in [5.41, 5.74) is 2.77. The number of esters is 1. The van der Waals surface area contributed by atoms with Gasteiger partial charge < -0.3 is 10.1 Å². The molecule has 7 heteroatoms. The minimum absolute atomic E-state index is 0.0181. The van der Waals surface area contributed by atoms with Crippen LogP contribution in [0.25, 0.3) is 10.2 Å². The highest BCUT2D eigenvalue weighted by Crippen LogP contribution is 2.40. The van der Waals surface area contributed by atoms with Crippen LogP contribution in [0.3, 0.4) is 0 Å². The Kier molecular flexibility index (Phi) is 6.46. The zero-order valence-corrected chi connectivity index (χ0v) is 20.0. The molecule has 2 aliphatic rings. The second-order valence-corrected chi connectivity index (χ2v) is 10.5. The summed E-state index contributed by atoms with van der Waals surface area (Å²) in [6.07, 6.45) is 3.73. The number of carbonyl (C=O) groups is 3. The number of thiazole rings is 1. The lowest BCUT2D eigenvalue weighted by Crippen LogP contribution is -2.41. The average Bonchev–Trinajstić information content (AvgIpc) is 3.22. The monoisotopic (exact) mass is 476 g/mol. The molecule has 34 heavy (non-hydrogen) atoms. The van der Waals surface area contributed by atoms with Gasteiger partial charge in [0.15, 0.2) is 6.10 Å². The van der Waals surface area contributed by atoms with Gasteiger partial charge in [0.1, 0.15) is 5.78 Å². The molecule has 1 amide bonds. The molecule has 2 fully saturated rings. The average molecular weight is 477 g/mol. The Morgan fingerprint density at radius 1 is 1.09 bits per heavy atom. The lowest BCUT2D eigenvalue weighted by Gasteiger charge is -2.36. The molecule has 0 radical (unpaired) electrons. The predicted molar refractivity (Wildman–Crippen MR) is 132 cm³/mol. The van der Waals surface area contributed by atoms with Crippen molar-refractivity contribution in [3.8, 4) is 0 Å². The van der Waals surface area contributed by atoms with Gasteiger partial charge in [0, 0.05) is 23.9 Å². The normalized spacial score (nSPS) is 22.9. The molecule has 1 aromatic heterocycles. The summed E-state index contributed by atoms with van der Waals surface area (Å²) in [6.45, 7) is 1.59. The molecule has 3 aromatic rings. The lowest BCUT2D eigenvalue weighted by atomic mass is 9.67. The summed E-state index contributed by atoms with van der Waals surface area (Å²) in [5, 5.41) is 3.87. The van der Waals surface area contributed by atoms with Crippen molar-refractivity contribution in [1.29, 1.82) is 0 Å². The molecule has 0 spiro atoms. The maximum atomic E-state index is 12.7. The van der Waals surface area contributed by atoms with E-state index in [1.54, 1.807) is 18.3 Å². The van der Waals surface area contributed by atoms with Crippen LogP contribution in [0.2, 0.25) is 0 Å². The van der Waals surface area contributed by atoms with Crippen LogP contribution in [0.5, 0.6) is 0 Å². The van der Waals surface area contributed by atoms with Gasteiger partial charge in [-0.3, -0.25) is 14.4 Å². The highest BCUT2D eigenvalue weighted by atomic mass is 32.1. The number of benzene rings is 2. The molecule has 0 saturated heterocycles. The molecule has 4 atom stereocenters. The van der Waals surface area contributed by atoms with Crippen LogP contribution < -0.4 is 5.32 Å². The van der Waals surface area contributed by atoms with E-state index in [1.165, 1.54) is 4.70 Å². The molecule has 2 saturated carbocycles. The fourth-order valence-electron chi connectivity index (χ4n) is 5.12. The van der Waals surface area contributed by atoms with Crippen LogP contribution in [0.4, 0.5) is 5.69 Å². The smallest absolute Gasteiger partial charge is 0.309 e. The standard InChI is InChI=1S/C27H28N2O4S/c1-16(33-27(32)20-14-18-5-4-6-19(15-20)25(18)30)26(31)28-21-11-9-17(10-12-21)13-24-29-22-7-2-3-8-23(22)34-24/h2-3,7-12,16,18-20H,4-6,13-15H2,1H3,(H,28,31)/t16-,18-,19+,20?/m0/s1. The molecule has 1 heterocycles. The van der Waals surface area contributed by atoms with E-state index < -0.39 is 6.10 Å². The molecule has 1 unspecified atom stereocenters. The van der Waals surface area contributed by atoms with Gasteiger partial charge in [0.2, 0.25) is 0 Å². The SMILES string of the molecule is C[C@H](OC(=O)C1C[C@H]2CCC[C@@H](C1)C2=O)C(=O)Nc1ccc(Cc2nc3ccccc3s2)cc1. The first-order chi connectivity index (χ1) is 16.5. The summed E-state index contributed by atoms with van der Waals surface area (Å²) in [7, 11) is 0. The van der Waals surface area contributed by atoms with Crippen LogP contribution in [0.1, 0.15) is 49.6 Å². The van der Waals surface area contributed by atoms with E-state index in [0.29, 0.717) is 24.3 Å². The molecule has 1 N–H and O–H groups in total. The first kappa shape index (κ1) is 22.7. The maximum Gasteiger partial charge on any atom is 0.309 e. The van der Waals surface area contributed by atoms with Gasteiger partial charge in [-0.25, -0.2) is 4.98 Å². The second kappa shape index (κ2) is 9.66. The Morgan fingerprint density at radius 3 is 2.50 bits per heavy atom. The van der Waals surface area contributed by atoms with Crippen molar-refractivity contribution in [2.75, 3.05) is 5.32 Å². The number of carbonyl (C=O) groups excluding carboxylic acids is 3. The van der Waals surface area contributed by atoms with Crippen molar-refractivity contribution in [1.82, 2.24) is 4.98 Å². The van der Waals surface area contributed by atoms with Crippen LogP contribution in [0, 0.1) is 17.8 Å². The number of aromatic nitrogens is 1. The molecule has 6 nitrogen and oxygen atoms in total. The van der Waals surface area contributed by atoms with E-state index in [2.05, 4.69) is 16.4 Å². The zero-order chi connectivity index (χ0) is 23.7. The number of nitrogens with zero attached hydrogens (tertiary/aromatic N) is 1. The minimum Gasteiger partial charge on any atom is -0.452 e. The number of nitrogens with one attached hydrogen (secondary N) is 1. The minimum atomic E-state index is -0.896. The van der Waals surface area contributed by atoms with Crippen LogP contribution in [-0.2, 0) is 25.5 Å². The van der Waals surface area contributed by atoms with E-state index in [0.717, 1.165) is 41.8 Å². The van der Waals surface area contributed by atoms with Gasteiger partial charge in [-0.05, 0) is 62.4 Å². The van der Waals surface area contributed by atoms with Gasteiger partial charge in [0.25, 0.3) is 5.91 Å². The number of ether oxygens (including phenoxy) is 1. The van der Waals surface area contributed by atoms with Crippen LogP contribution in [0.15, 0.2) is 48.5 Å². The quantitative estimate of drug-likeness (QED) is 0.497. The van der Waals surface area contributed by atoms with Gasteiger partial charge >= 0.3 is 5.97 Å². The van der Waals surface area contributed by atoms with E-state index in [9.17, 15) is 14.4 Å². The molecule has 2 bridgehead atoms. The predicted octanol–water partition coefficient (Wildman–Crippen LogP) is 5.15. The Morgan fingerprint density at radius 2 is 1.79 bits per heavy atom. The highest BCUT2D eigenvalue weighted by Gasteiger charge is 2.42. The van der Waals surface area contributed by atoms with Gasteiger partial charge in [-0.1, -0.05) is 30.7 Å². The van der Waals surface area contributed by atoms with E-state index in [4.69, 9.17) is 4.74 Å². The number of fused-ring (bicyclic) bond motifs is 3. The number of para-hydroxylation sites is 1. The molecule has 2 aliphatic carbocycles. The van der Waals surface area contributed by atoms with E-state index in [-0.39, 0.29) is 29.6 Å². The third-order valence-corrected chi connectivity index (χ3v) is 7.99. The number of amides is 1. The first-order valence-electron chi connectivity index (χ1n) is 11.9. The largest absolute Gasteiger partial charge is 0.452 e. The van der Waals surface area contributed by atoms with Crippen molar-refractivity contribution < 1.29 is 19.1 Å². The summed E-state index contributed by atoms with van der Waals surface area (Å²) in [5.74, 6) is -0.735. The zero-order valence-electron chi connectivity index (χ0n) is 19.2. The van der Waals surface area contributed by atoms with Gasteiger partial charge in [-0.15, -0.1) is 11.3 Å². The first-order valence-corrected chi connectivity index (χ1v) is 12.8. The second-order valence-electron chi connectivity index (χ2n) is 9.41. The summed E-state index contributed by atoms with van der Waals surface area (Å²) in [6, 6.07) is 15.7. The fourth-order valence-corrected chi connectivity index (χ4v) is 6.12. The highest BCUT2D eigenvalue weighted by molar-refractivity contribution is 7.18. The van der Waals surface area contributed by atoms with Gasteiger partial charge in [0.05, 0.1) is 21.1 Å². The van der Waals surface area contributed by atoms with Crippen molar-refractivity contribution in [2.45, 2.75) is 51.6 Å². The summed E-state index contributed by atoms with van der Waals surface area (Å²) < 4.78 is 6.66. The van der Waals surface area contributed by atoms with Crippen LogP contribution in [-0.4, -0.2) is 28.7 Å². The summed E-state index contributed by atoms with van der Waals surface area (Å²) >= 11 is 1.69. The number of hydrogen-bond acceptors (Lipinski definition) is 6. The molecule has 5 rings (SSSR count). The van der Waals surface area contributed by atoms with Crippen LogP contribution >= 0.6 is 11.3 Å². The number of rotatable bonds is 6. The third kappa shape index (κ3) is 4.89. The third-order valence-electron chi connectivity index (χ3n) is 6.96. The van der Waals surface area contributed by atoms with Gasteiger partial charge in [-0.2, -0.15) is 0 Å². The van der Waals surface area contributed by atoms with Crippen molar-refractivity contribution in [2.24, 2.45) is 17.8 Å². The lowest BCUT2D eigenvalue weighted by molar-refractivity contribution is -0.161. The molecule has 2 aromatic carbocycles. The molecule has 0 aliphatic heterocycles. The maximum absolute atomic E-state index is 12.7. The fraction of sp³-hybridized carbons (Fsp3) is 0.407. The van der Waals surface area contributed by atoms with Crippen molar-refractivity contribution in [3.63, 3.8) is 0 Å². The Balaban J connectivity index is 1.14. The number of hydrogen-bond donors (Lipinski definition) is 1. The van der Waals surface area contributed by atoms with E-state index in [1.807, 2.05) is 42.5 Å². The molecular formula is C27H28N2O4S. The Hall–Kier alpha value is -3.06. The Labute approximate surface area is 202 Å². The van der Waals surface area contributed by atoms with E-state index >= 15 is 0 Å².